The third kappa shape index (κ3) is 3.53. The summed E-state index contributed by atoms with van der Waals surface area (Å²) in [6.45, 7) is 1.86. The van der Waals surface area contributed by atoms with Gasteiger partial charge in [0.25, 0.3) is 0 Å². The van der Waals surface area contributed by atoms with E-state index in [-0.39, 0.29) is 6.04 Å². The van der Waals surface area contributed by atoms with Gasteiger partial charge in [0.05, 0.1) is 7.11 Å². The molecule has 2 aromatic carbocycles. The summed E-state index contributed by atoms with van der Waals surface area (Å²) in [5.41, 5.74) is 7.49. The van der Waals surface area contributed by atoms with E-state index in [9.17, 15) is 0 Å². The van der Waals surface area contributed by atoms with Crippen LogP contribution in [0.3, 0.4) is 0 Å². The van der Waals surface area contributed by atoms with Crippen molar-refractivity contribution in [3.8, 4) is 17.6 Å². The molecular weight excluding hydrogens is 246 g/mol. The first kappa shape index (κ1) is 14.4. The van der Waals surface area contributed by atoms with Crippen molar-refractivity contribution in [1.29, 1.82) is 0 Å². The van der Waals surface area contributed by atoms with E-state index in [1.165, 1.54) is 16.3 Å². The molecule has 0 bridgehead atoms. The van der Waals surface area contributed by atoms with E-state index >= 15 is 0 Å². The maximum atomic E-state index is 6.21. The molecule has 0 fully saturated rings. The van der Waals surface area contributed by atoms with E-state index in [1.807, 2.05) is 13.0 Å². The van der Waals surface area contributed by atoms with Crippen molar-refractivity contribution in [3.05, 3.63) is 42.0 Å². The largest absolute Gasteiger partial charge is 0.497 e. The molecule has 2 N–H and O–H groups in total. The predicted molar refractivity (Wildman–Crippen MR) is 84.9 cm³/mol. The summed E-state index contributed by atoms with van der Waals surface area (Å²) < 4.78 is 5.31. The van der Waals surface area contributed by atoms with Crippen molar-refractivity contribution in [2.24, 2.45) is 5.73 Å². The highest BCUT2D eigenvalue weighted by molar-refractivity contribution is 5.87. The van der Waals surface area contributed by atoms with Crippen molar-refractivity contribution >= 4 is 10.8 Å². The zero-order valence-corrected chi connectivity index (χ0v) is 12.1. The molecule has 1 atom stereocenters. The number of hydrogen-bond donors (Lipinski definition) is 1. The summed E-state index contributed by atoms with van der Waals surface area (Å²) in [5.74, 6) is 6.86. The normalized spacial score (nSPS) is 11.8. The average Bonchev–Trinajstić information content (AvgIpc) is 2.47. The SMILES string of the molecule is CC#CCCC(N)Cc1cccc2ccc(OC)cc12. The number of nitrogens with two attached hydrogens (primary N) is 1. The van der Waals surface area contributed by atoms with Crippen LogP contribution in [0.2, 0.25) is 0 Å². The Labute approximate surface area is 120 Å². The van der Waals surface area contributed by atoms with Gasteiger partial charge in [-0.1, -0.05) is 24.3 Å². The Balaban J connectivity index is 2.21. The second-order valence-electron chi connectivity index (χ2n) is 4.93. The Morgan fingerprint density at radius 3 is 2.85 bits per heavy atom. The van der Waals surface area contributed by atoms with Gasteiger partial charge in [0.15, 0.2) is 0 Å². The van der Waals surface area contributed by atoms with Gasteiger partial charge in [-0.2, -0.15) is 0 Å². The summed E-state index contributed by atoms with van der Waals surface area (Å²) in [5, 5.41) is 2.45. The fourth-order valence-corrected chi connectivity index (χ4v) is 2.39. The number of ether oxygens (including phenoxy) is 1. The Morgan fingerprint density at radius 2 is 2.10 bits per heavy atom. The lowest BCUT2D eigenvalue weighted by Gasteiger charge is -2.13. The highest BCUT2D eigenvalue weighted by Crippen LogP contribution is 2.25. The molecule has 1 unspecified atom stereocenters. The van der Waals surface area contributed by atoms with Gasteiger partial charge in [-0.15, -0.1) is 11.8 Å². The second kappa shape index (κ2) is 6.98. The Morgan fingerprint density at radius 1 is 1.25 bits per heavy atom. The molecule has 2 aromatic rings. The molecule has 2 nitrogen and oxygen atoms in total. The predicted octanol–water partition coefficient (Wildman–Crippen LogP) is 3.52. The van der Waals surface area contributed by atoms with Crippen molar-refractivity contribution in [2.75, 3.05) is 7.11 Å². The molecule has 0 heterocycles. The average molecular weight is 267 g/mol. The van der Waals surface area contributed by atoms with Gasteiger partial charge in [-0.25, -0.2) is 0 Å². The van der Waals surface area contributed by atoms with Crippen LogP contribution in [0.1, 0.15) is 25.3 Å². The van der Waals surface area contributed by atoms with E-state index in [2.05, 4.69) is 42.2 Å². The van der Waals surface area contributed by atoms with Gasteiger partial charge in [0.2, 0.25) is 0 Å². The quantitative estimate of drug-likeness (QED) is 0.841. The highest BCUT2D eigenvalue weighted by atomic mass is 16.5. The molecular formula is C18H21NO. The van der Waals surface area contributed by atoms with Gasteiger partial charge in [0, 0.05) is 12.5 Å². The van der Waals surface area contributed by atoms with Crippen LogP contribution in [0, 0.1) is 11.8 Å². The molecule has 20 heavy (non-hydrogen) atoms. The van der Waals surface area contributed by atoms with Crippen LogP contribution < -0.4 is 10.5 Å². The molecule has 0 spiro atoms. The van der Waals surface area contributed by atoms with Crippen molar-refractivity contribution in [2.45, 2.75) is 32.2 Å². The third-order valence-corrected chi connectivity index (χ3v) is 3.48. The van der Waals surface area contributed by atoms with E-state index in [0.29, 0.717) is 0 Å². The smallest absolute Gasteiger partial charge is 0.119 e. The van der Waals surface area contributed by atoms with Crippen LogP contribution in [-0.4, -0.2) is 13.2 Å². The van der Waals surface area contributed by atoms with Crippen LogP contribution >= 0.6 is 0 Å². The lowest BCUT2D eigenvalue weighted by atomic mass is 9.97. The first-order valence-electron chi connectivity index (χ1n) is 6.95. The van der Waals surface area contributed by atoms with Crippen LogP contribution in [0.5, 0.6) is 5.75 Å². The van der Waals surface area contributed by atoms with E-state index in [1.54, 1.807) is 7.11 Å². The van der Waals surface area contributed by atoms with E-state index < -0.39 is 0 Å². The van der Waals surface area contributed by atoms with Crippen LogP contribution in [0.15, 0.2) is 36.4 Å². The minimum absolute atomic E-state index is 0.146. The van der Waals surface area contributed by atoms with Gasteiger partial charge in [-0.3, -0.25) is 0 Å². The molecule has 2 heteroatoms. The summed E-state index contributed by atoms with van der Waals surface area (Å²) >= 11 is 0. The molecule has 104 valence electrons. The first-order valence-corrected chi connectivity index (χ1v) is 6.95. The van der Waals surface area contributed by atoms with Crippen molar-refractivity contribution < 1.29 is 4.74 Å². The number of benzene rings is 2. The lowest BCUT2D eigenvalue weighted by Crippen LogP contribution is -2.22. The van der Waals surface area contributed by atoms with Crippen LogP contribution in [-0.2, 0) is 6.42 Å². The topological polar surface area (TPSA) is 35.2 Å². The Hall–Kier alpha value is -1.98. The molecule has 2 rings (SSSR count). The van der Waals surface area contributed by atoms with E-state index in [0.717, 1.165) is 25.0 Å². The fraction of sp³-hybridized carbons (Fsp3) is 0.333. The standard InChI is InChI=1S/C18H21NO/c1-3-4-5-9-16(19)12-15-8-6-7-14-10-11-17(20-2)13-18(14)15/h6-8,10-11,13,16H,5,9,12,19H2,1-2H3. The van der Waals surface area contributed by atoms with Crippen LogP contribution in [0.25, 0.3) is 10.8 Å². The summed E-state index contributed by atoms with van der Waals surface area (Å²) in [6.07, 6.45) is 2.67. The highest BCUT2D eigenvalue weighted by Gasteiger charge is 2.07. The van der Waals surface area contributed by atoms with Gasteiger partial charge >= 0.3 is 0 Å². The zero-order chi connectivity index (χ0) is 14.4. The molecule has 0 radical (unpaired) electrons. The molecule has 0 saturated heterocycles. The third-order valence-electron chi connectivity index (χ3n) is 3.48. The van der Waals surface area contributed by atoms with Crippen molar-refractivity contribution in [3.63, 3.8) is 0 Å². The van der Waals surface area contributed by atoms with Gasteiger partial charge < -0.3 is 10.5 Å². The number of hydrogen-bond acceptors (Lipinski definition) is 2. The summed E-state index contributed by atoms with van der Waals surface area (Å²) in [6, 6.07) is 12.7. The summed E-state index contributed by atoms with van der Waals surface area (Å²) in [7, 11) is 1.69. The second-order valence-corrected chi connectivity index (χ2v) is 4.93. The van der Waals surface area contributed by atoms with Crippen LogP contribution in [0.4, 0.5) is 0 Å². The van der Waals surface area contributed by atoms with E-state index in [4.69, 9.17) is 10.5 Å². The maximum Gasteiger partial charge on any atom is 0.119 e. The molecule has 0 amide bonds. The maximum absolute atomic E-state index is 6.21. The number of fused-ring (bicyclic) bond motifs is 1. The van der Waals surface area contributed by atoms with Crippen molar-refractivity contribution in [1.82, 2.24) is 0 Å². The minimum Gasteiger partial charge on any atom is -0.497 e. The first-order chi connectivity index (χ1) is 9.74. The zero-order valence-electron chi connectivity index (χ0n) is 12.1. The summed E-state index contributed by atoms with van der Waals surface area (Å²) in [4.78, 5) is 0. The molecule has 0 aliphatic heterocycles. The molecule has 0 aromatic heterocycles. The molecule has 0 saturated carbocycles. The Kier molecular flexibility index (Phi) is 5.03. The lowest BCUT2D eigenvalue weighted by molar-refractivity contribution is 0.415. The minimum atomic E-state index is 0.146. The van der Waals surface area contributed by atoms with Gasteiger partial charge in [-0.05, 0) is 48.2 Å². The fourth-order valence-electron chi connectivity index (χ4n) is 2.39. The van der Waals surface area contributed by atoms with Gasteiger partial charge in [0.1, 0.15) is 5.75 Å². The number of rotatable bonds is 5. The monoisotopic (exact) mass is 267 g/mol. The molecule has 0 aliphatic carbocycles. The Bertz CT molecular complexity index is 637. The molecule has 0 aliphatic rings. The number of methoxy groups -OCH3 is 1.